The van der Waals surface area contributed by atoms with E-state index < -0.39 is 0 Å². The fourth-order valence-corrected chi connectivity index (χ4v) is 5.57. The summed E-state index contributed by atoms with van der Waals surface area (Å²) >= 11 is 0. The minimum atomic E-state index is 0.613. The summed E-state index contributed by atoms with van der Waals surface area (Å²) in [5.74, 6) is 0.972. The van der Waals surface area contributed by atoms with E-state index in [1.54, 1.807) is 0 Å². The molecular weight excluding hydrogens is 246 g/mol. The molecule has 4 fully saturated rings. The van der Waals surface area contributed by atoms with Gasteiger partial charge in [0.2, 0.25) is 0 Å². The molecule has 3 heterocycles. The van der Waals surface area contributed by atoms with Crippen LogP contribution >= 0.6 is 0 Å². The van der Waals surface area contributed by atoms with Gasteiger partial charge in [-0.15, -0.1) is 0 Å². The van der Waals surface area contributed by atoms with Crippen molar-refractivity contribution in [1.29, 1.82) is 0 Å². The summed E-state index contributed by atoms with van der Waals surface area (Å²) in [5.41, 5.74) is 1.34. The molecule has 4 rings (SSSR count). The zero-order chi connectivity index (χ0) is 13.5. The third kappa shape index (κ3) is 2.42. The van der Waals surface area contributed by atoms with E-state index in [0.29, 0.717) is 5.41 Å². The van der Waals surface area contributed by atoms with Crippen molar-refractivity contribution in [3.63, 3.8) is 0 Å². The molecule has 3 N–H and O–H groups in total. The maximum Gasteiger partial charge on any atom is 0.00959 e. The minimum absolute atomic E-state index is 0.613. The molecule has 2 spiro atoms. The molecule has 3 atom stereocenters. The van der Waals surface area contributed by atoms with Crippen molar-refractivity contribution in [2.24, 2.45) is 16.7 Å². The fourth-order valence-electron chi connectivity index (χ4n) is 5.57. The Morgan fingerprint density at radius 3 is 2.15 bits per heavy atom. The Morgan fingerprint density at radius 1 is 0.700 bits per heavy atom. The first-order valence-corrected chi connectivity index (χ1v) is 8.94. The third-order valence-electron chi connectivity index (χ3n) is 7.03. The van der Waals surface area contributed by atoms with Crippen LogP contribution in [-0.2, 0) is 0 Å². The Balaban J connectivity index is 1.33. The highest BCUT2D eigenvalue weighted by molar-refractivity contribution is 5.00. The molecule has 0 aromatic rings. The third-order valence-corrected chi connectivity index (χ3v) is 7.03. The van der Waals surface area contributed by atoms with Crippen LogP contribution in [0.4, 0.5) is 0 Å². The number of rotatable bonds is 1. The predicted octanol–water partition coefficient (Wildman–Crippen LogP) is 1.89. The van der Waals surface area contributed by atoms with Crippen LogP contribution in [0.15, 0.2) is 0 Å². The van der Waals surface area contributed by atoms with E-state index in [0.717, 1.165) is 17.4 Å². The largest absolute Gasteiger partial charge is 0.317 e. The molecule has 3 unspecified atom stereocenters. The molecular formula is C17H31N3. The lowest BCUT2D eigenvalue weighted by molar-refractivity contribution is 0.151. The van der Waals surface area contributed by atoms with Crippen molar-refractivity contribution >= 4 is 0 Å². The molecule has 0 aromatic carbocycles. The second kappa shape index (κ2) is 5.26. The van der Waals surface area contributed by atoms with Crippen LogP contribution < -0.4 is 16.0 Å². The van der Waals surface area contributed by atoms with Crippen molar-refractivity contribution in [3.8, 4) is 0 Å². The first kappa shape index (κ1) is 13.5. The second-order valence-corrected chi connectivity index (χ2v) is 8.21. The maximum atomic E-state index is 3.96. The van der Waals surface area contributed by atoms with Gasteiger partial charge in [-0.2, -0.15) is 0 Å². The maximum absolute atomic E-state index is 3.96. The van der Waals surface area contributed by atoms with E-state index in [1.807, 2.05) is 0 Å². The topological polar surface area (TPSA) is 36.1 Å². The molecule has 3 saturated heterocycles. The highest BCUT2D eigenvalue weighted by Gasteiger charge is 2.45. The molecule has 1 saturated carbocycles. The summed E-state index contributed by atoms with van der Waals surface area (Å²) in [6, 6.07) is 0.829. The van der Waals surface area contributed by atoms with E-state index in [9.17, 15) is 0 Å². The molecule has 0 amide bonds. The Labute approximate surface area is 123 Å². The highest BCUT2D eigenvalue weighted by Crippen LogP contribution is 2.50. The molecule has 0 radical (unpaired) electrons. The number of nitrogens with one attached hydrogen (secondary N) is 3. The van der Waals surface area contributed by atoms with Gasteiger partial charge in [0.05, 0.1) is 0 Å². The van der Waals surface area contributed by atoms with Gasteiger partial charge >= 0.3 is 0 Å². The summed E-state index contributed by atoms with van der Waals surface area (Å²) in [5, 5.41) is 11.1. The van der Waals surface area contributed by atoms with Crippen LogP contribution in [0, 0.1) is 16.7 Å². The monoisotopic (exact) mass is 277 g/mol. The molecule has 20 heavy (non-hydrogen) atoms. The van der Waals surface area contributed by atoms with Gasteiger partial charge in [-0.25, -0.2) is 0 Å². The fraction of sp³-hybridized carbons (Fsp3) is 1.00. The van der Waals surface area contributed by atoms with Gasteiger partial charge in [-0.3, -0.25) is 0 Å². The van der Waals surface area contributed by atoms with Gasteiger partial charge in [-0.05, 0) is 87.7 Å². The van der Waals surface area contributed by atoms with Crippen molar-refractivity contribution in [3.05, 3.63) is 0 Å². The molecule has 3 heteroatoms. The highest BCUT2D eigenvalue weighted by atomic mass is 15.0. The summed E-state index contributed by atoms with van der Waals surface area (Å²) < 4.78 is 0. The van der Waals surface area contributed by atoms with E-state index >= 15 is 0 Å². The normalized spacial score (nSPS) is 44.4. The standard InChI is InChI=1S/C17H31N3/c1-3-16(5-8-18-9-6-16)11-14(1)15-2-4-17(13-20-15)7-10-19-12-17/h14-15,18-20H,1-13H2. The average Bonchev–Trinajstić information content (AvgIpc) is 3.10. The summed E-state index contributed by atoms with van der Waals surface area (Å²) in [7, 11) is 0. The van der Waals surface area contributed by atoms with Crippen LogP contribution in [0.25, 0.3) is 0 Å². The predicted molar refractivity (Wildman–Crippen MR) is 82.8 cm³/mol. The molecule has 1 aliphatic carbocycles. The molecule has 0 bridgehead atoms. The van der Waals surface area contributed by atoms with Crippen molar-refractivity contribution in [2.45, 2.75) is 57.4 Å². The van der Waals surface area contributed by atoms with Crippen LogP contribution in [0.5, 0.6) is 0 Å². The van der Waals surface area contributed by atoms with E-state index in [4.69, 9.17) is 0 Å². The quantitative estimate of drug-likeness (QED) is 0.685. The first-order chi connectivity index (χ1) is 9.79. The van der Waals surface area contributed by atoms with Gasteiger partial charge in [0, 0.05) is 19.1 Å². The van der Waals surface area contributed by atoms with Gasteiger partial charge in [0.25, 0.3) is 0 Å². The average molecular weight is 277 g/mol. The lowest BCUT2D eigenvalue weighted by Gasteiger charge is -2.41. The van der Waals surface area contributed by atoms with E-state index in [2.05, 4.69) is 16.0 Å². The first-order valence-electron chi connectivity index (χ1n) is 8.94. The summed E-state index contributed by atoms with van der Waals surface area (Å²) in [6.45, 7) is 6.30. The van der Waals surface area contributed by atoms with Gasteiger partial charge in [0.1, 0.15) is 0 Å². The molecule has 3 nitrogen and oxygen atoms in total. The Kier molecular flexibility index (Phi) is 3.56. The summed E-state index contributed by atoms with van der Waals surface area (Å²) in [4.78, 5) is 0. The van der Waals surface area contributed by atoms with Crippen LogP contribution in [-0.4, -0.2) is 38.8 Å². The van der Waals surface area contributed by atoms with E-state index in [-0.39, 0.29) is 0 Å². The van der Waals surface area contributed by atoms with Crippen molar-refractivity contribution < 1.29 is 0 Å². The Morgan fingerprint density at radius 2 is 1.45 bits per heavy atom. The van der Waals surface area contributed by atoms with E-state index in [1.165, 1.54) is 84.1 Å². The lowest BCUT2D eigenvalue weighted by Crippen LogP contribution is -2.49. The zero-order valence-corrected chi connectivity index (χ0v) is 12.8. The molecule has 114 valence electrons. The number of hydrogen-bond acceptors (Lipinski definition) is 3. The van der Waals surface area contributed by atoms with Crippen molar-refractivity contribution in [2.75, 3.05) is 32.7 Å². The van der Waals surface area contributed by atoms with Crippen molar-refractivity contribution in [1.82, 2.24) is 16.0 Å². The number of hydrogen-bond donors (Lipinski definition) is 3. The molecule has 3 aliphatic heterocycles. The smallest absolute Gasteiger partial charge is 0.00959 e. The molecule has 0 aromatic heterocycles. The van der Waals surface area contributed by atoms with Gasteiger partial charge in [-0.1, -0.05) is 0 Å². The van der Waals surface area contributed by atoms with Crippen LogP contribution in [0.1, 0.15) is 51.4 Å². The minimum Gasteiger partial charge on any atom is -0.317 e. The van der Waals surface area contributed by atoms with Gasteiger partial charge < -0.3 is 16.0 Å². The lowest BCUT2D eigenvalue weighted by atomic mass is 9.73. The second-order valence-electron chi connectivity index (χ2n) is 8.21. The SMILES string of the molecule is C1CC2(CCN1)CCC(C1CCC3(CCNC3)CN1)C2. The van der Waals surface area contributed by atoms with Gasteiger partial charge in [0.15, 0.2) is 0 Å². The molecule has 4 aliphatic rings. The van der Waals surface area contributed by atoms with Crippen LogP contribution in [0.2, 0.25) is 0 Å². The zero-order valence-electron chi connectivity index (χ0n) is 12.8. The Hall–Kier alpha value is -0.120. The Bertz CT molecular complexity index is 332. The summed E-state index contributed by atoms with van der Waals surface area (Å²) in [6.07, 6.45) is 11.7. The number of piperidine rings is 2. The van der Waals surface area contributed by atoms with Crippen LogP contribution in [0.3, 0.4) is 0 Å².